The number of hydrogen-bond donors (Lipinski definition) is 2. The van der Waals surface area contributed by atoms with E-state index in [2.05, 4.69) is 4.74 Å². The maximum Gasteiger partial charge on any atom is 0.302 e. The van der Waals surface area contributed by atoms with Gasteiger partial charge in [0.25, 0.3) is 5.97 Å². The normalized spacial score (nSPS) is 7.06. The third kappa shape index (κ3) is 293. The van der Waals surface area contributed by atoms with E-state index in [1.807, 2.05) is 0 Å². The molecule has 0 bridgehead atoms. The molecular weight excluding hydrogens is 282 g/mol. The fourth-order valence-electron chi connectivity index (χ4n) is 0.203. The number of hydrogen-bond acceptors (Lipinski definition) is 4. The summed E-state index contributed by atoms with van der Waals surface area (Å²) in [6.07, 6.45) is 0. The van der Waals surface area contributed by atoms with Crippen molar-refractivity contribution in [3.63, 3.8) is 0 Å². The number of aliphatic hydroxyl groups is 1. The fraction of sp³-hybridized carbons (Fsp3) is 0.750. The molecule has 5 nitrogen and oxygen atoms in total. The highest BCUT2D eigenvalue weighted by atomic mass is 35.6. The summed E-state index contributed by atoms with van der Waals surface area (Å²) < 4.78 is 3.65. The highest BCUT2D eigenvalue weighted by molar-refractivity contribution is 6.63. The first-order valence-corrected chi connectivity index (χ1v) is 5.24. The van der Waals surface area contributed by atoms with Gasteiger partial charge in [0, 0.05) is 21.0 Å². The molecule has 0 heterocycles. The van der Waals surface area contributed by atoms with Crippen LogP contribution in [0.2, 0.25) is 0 Å². The minimum atomic E-state index is -0.833. The topological polar surface area (TPSA) is 83.8 Å². The minimum absolute atomic E-state index is 0.211. The number of ether oxygens (including phenoxy) is 1. The second kappa shape index (κ2) is 24.1. The van der Waals surface area contributed by atoms with Crippen molar-refractivity contribution >= 4 is 46.7 Å². The summed E-state index contributed by atoms with van der Waals surface area (Å²) in [5, 5.41) is 14.4. The van der Waals surface area contributed by atoms with Crippen molar-refractivity contribution in [2.24, 2.45) is 0 Å². The molecule has 0 aliphatic heterocycles. The molecule has 16 heavy (non-hydrogen) atoms. The maximum absolute atomic E-state index is 9.82. The van der Waals surface area contributed by atoms with Gasteiger partial charge < -0.3 is 14.9 Å². The predicted octanol–water partition coefficient (Wildman–Crippen LogP) is 2.26. The van der Waals surface area contributed by atoms with Crippen molar-refractivity contribution in [2.45, 2.75) is 25.1 Å². The number of carboxylic acids is 1. The van der Waals surface area contributed by atoms with Gasteiger partial charge in [-0.05, 0) is 6.92 Å². The zero-order valence-corrected chi connectivity index (χ0v) is 11.8. The molecular formula is C8H17Cl3O5. The van der Waals surface area contributed by atoms with Gasteiger partial charge in [-0.2, -0.15) is 0 Å². The van der Waals surface area contributed by atoms with E-state index in [-0.39, 0.29) is 5.97 Å². The summed E-state index contributed by atoms with van der Waals surface area (Å²) in [7, 11) is 1.00. The lowest BCUT2D eigenvalue weighted by Gasteiger charge is -1.89. The van der Waals surface area contributed by atoms with Gasteiger partial charge in [0.1, 0.15) is 0 Å². The molecule has 0 spiro atoms. The van der Waals surface area contributed by atoms with Crippen LogP contribution in [-0.4, -0.2) is 40.2 Å². The zero-order valence-electron chi connectivity index (χ0n) is 9.54. The number of carbonyl (C=O) groups excluding carboxylic acids is 1. The van der Waals surface area contributed by atoms with Crippen molar-refractivity contribution in [2.75, 3.05) is 13.7 Å². The van der Waals surface area contributed by atoms with Gasteiger partial charge in [0.2, 0.25) is 0 Å². The Bertz CT molecular complexity index is 146. The van der Waals surface area contributed by atoms with Crippen LogP contribution in [0.4, 0.5) is 0 Å². The molecule has 0 saturated carbocycles. The summed E-state index contributed by atoms with van der Waals surface area (Å²) >= 11 is 14.4. The van der Waals surface area contributed by atoms with E-state index in [0.29, 0.717) is 6.61 Å². The molecule has 0 unspecified atom stereocenters. The smallest absolute Gasteiger partial charge is 0.302 e. The summed E-state index contributed by atoms with van der Waals surface area (Å²) in [4.78, 5) is 18.8. The van der Waals surface area contributed by atoms with Gasteiger partial charge >= 0.3 is 5.97 Å². The Morgan fingerprint density at radius 3 is 1.38 bits per heavy atom. The number of rotatable bonds is 1. The number of carboxylic acid groups (broad SMARTS) is 1. The summed E-state index contributed by atoms with van der Waals surface area (Å²) in [5.74, 6) is -1.04. The standard InChI is InChI=1S/C4H8O2.C2H4O2.CHCl3.CH4O/c1-3-6-4(2)5;1-2(3)4;2-1(3)4;1-2/h3H2,1-2H3;1H3,(H,3,4);1H;2H,1H3. The average molecular weight is 300 g/mol. The van der Waals surface area contributed by atoms with E-state index in [0.717, 1.165) is 14.0 Å². The molecule has 0 aromatic rings. The van der Waals surface area contributed by atoms with E-state index in [1.165, 1.54) is 6.92 Å². The Morgan fingerprint density at radius 2 is 1.38 bits per heavy atom. The lowest BCUT2D eigenvalue weighted by molar-refractivity contribution is -0.140. The first-order valence-electron chi connectivity index (χ1n) is 3.93. The number of aliphatic hydroxyl groups excluding tert-OH is 1. The van der Waals surface area contributed by atoms with Crippen LogP contribution < -0.4 is 0 Å². The Morgan fingerprint density at radius 1 is 1.19 bits per heavy atom. The molecule has 0 atom stereocenters. The van der Waals surface area contributed by atoms with E-state index >= 15 is 0 Å². The molecule has 100 valence electrons. The van der Waals surface area contributed by atoms with Crippen LogP contribution in [0, 0.1) is 0 Å². The van der Waals surface area contributed by atoms with Crippen LogP contribution in [0.15, 0.2) is 0 Å². The molecule has 0 fully saturated rings. The van der Waals surface area contributed by atoms with Crippen LogP contribution in [0.3, 0.4) is 0 Å². The van der Waals surface area contributed by atoms with Crippen LogP contribution in [0.25, 0.3) is 0 Å². The Kier molecular flexibility index (Phi) is 37.5. The molecule has 0 rings (SSSR count). The third-order valence-electron chi connectivity index (χ3n) is 0.348. The molecule has 0 aromatic heterocycles. The van der Waals surface area contributed by atoms with Crippen molar-refractivity contribution in [3.05, 3.63) is 0 Å². The molecule has 0 radical (unpaired) electrons. The van der Waals surface area contributed by atoms with E-state index in [1.54, 1.807) is 6.92 Å². The van der Waals surface area contributed by atoms with Gasteiger partial charge in [-0.25, -0.2) is 0 Å². The van der Waals surface area contributed by atoms with E-state index < -0.39 is 10.3 Å². The van der Waals surface area contributed by atoms with Gasteiger partial charge in [0.05, 0.1) is 6.61 Å². The first-order chi connectivity index (χ1) is 7.23. The largest absolute Gasteiger partial charge is 0.481 e. The third-order valence-corrected chi connectivity index (χ3v) is 0.348. The minimum Gasteiger partial charge on any atom is -0.481 e. The lowest BCUT2D eigenvalue weighted by atomic mass is 10.8. The number of esters is 1. The number of alkyl halides is 3. The van der Waals surface area contributed by atoms with E-state index in [4.69, 9.17) is 49.8 Å². The van der Waals surface area contributed by atoms with Crippen LogP contribution in [0.5, 0.6) is 0 Å². The second-order valence-electron chi connectivity index (χ2n) is 1.69. The molecule has 2 N–H and O–H groups in total. The number of aliphatic carboxylic acids is 1. The Hall–Kier alpha value is -0.230. The van der Waals surface area contributed by atoms with Crippen LogP contribution in [0.1, 0.15) is 20.8 Å². The van der Waals surface area contributed by atoms with Crippen LogP contribution in [-0.2, 0) is 14.3 Å². The molecule has 0 saturated heterocycles. The number of halogens is 3. The van der Waals surface area contributed by atoms with Crippen molar-refractivity contribution in [3.8, 4) is 0 Å². The zero-order chi connectivity index (χ0) is 14.1. The Labute approximate surface area is 110 Å². The monoisotopic (exact) mass is 298 g/mol. The molecule has 0 aliphatic carbocycles. The second-order valence-corrected chi connectivity index (χ2v) is 3.67. The lowest BCUT2D eigenvalue weighted by Crippen LogP contribution is -1.95. The maximum atomic E-state index is 9.82. The summed E-state index contributed by atoms with van der Waals surface area (Å²) in [6.45, 7) is 4.74. The Balaban J connectivity index is -0.0000000643. The van der Waals surface area contributed by atoms with Crippen LogP contribution >= 0.6 is 34.8 Å². The van der Waals surface area contributed by atoms with Gasteiger partial charge in [0.15, 0.2) is 4.30 Å². The average Bonchev–Trinajstić information content (AvgIpc) is 2.05. The quantitative estimate of drug-likeness (QED) is 0.573. The first kappa shape index (κ1) is 24.8. The highest BCUT2D eigenvalue weighted by Gasteiger charge is 1.81. The van der Waals surface area contributed by atoms with Gasteiger partial charge in [-0.1, -0.05) is 34.8 Å². The molecule has 8 heteroatoms. The van der Waals surface area contributed by atoms with E-state index in [9.17, 15) is 4.79 Å². The predicted molar refractivity (Wildman–Crippen MR) is 65.1 cm³/mol. The molecule has 0 amide bonds. The SMILES string of the molecule is CC(=O)O.CCOC(C)=O.CO.ClC(Cl)Cl. The fourth-order valence-corrected chi connectivity index (χ4v) is 0.203. The molecule has 0 aromatic carbocycles. The van der Waals surface area contributed by atoms with Gasteiger partial charge in [-0.15, -0.1) is 0 Å². The van der Waals surface area contributed by atoms with Gasteiger partial charge in [-0.3, -0.25) is 9.59 Å². The van der Waals surface area contributed by atoms with Crippen molar-refractivity contribution < 1.29 is 24.5 Å². The van der Waals surface area contributed by atoms with Crippen molar-refractivity contribution in [1.82, 2.24) is 0 Å². The highest BCUT2D eigenvalue weighted by Crippen LogP contribution is 2.03. The number of carbonyl (C=O) groups is 2. The molecule has 0 aliphatic rings. The summed E-state index contributed by atoms with van der Waals surface area (Å²) in [5.41, 5.74) is 0. The summed E-state index contributed by atoms with van der Waals surface area (Å²) in [6, 6.07) is 0. The van der Waals surface area contributed by atoms with Crippen molar-refractivity contribution in [1.29, 1.82) is 0 Å².